The zero-order chi connectivity index (χ0) is 10.7. The van der Waals surface area contributed by atoms with Crippen LogP contribution in [0.5, 0.6) is 0 Å². The summed E-state index contributed by atoms with van der Waals surface area (Å²) in [6.07, 6.45) is 2.92. The summed E-state index contributed by atoms with van der Waals surface area (Å²) in [5, 5.41) is 1.29. The Hall–Kier alpha value is 0.290. The third-order valence-electron chi connectivity index (χ3n) is 2.58. The largest absolute Gasteiger partial charge is 0.326 e. The second kappa shape index (κ2) is 5.57. The molecule has 2 nitrogen and oxygen atoms in total. The first kappa shape index (κ1) is 11.8. The summed E-state index contributed by atoms with van der Waals surface area (Å²) in [6, 6.07) is 0.276. The van der Waals surface area contributed by atoms with Gasteiger partial charge in [0.25, 0.3) is 0 Å². The van der Waals surface area contributed by atoms with E-state index >= 15 is 0 Å². The molecule has 1 saturated heterocycles. The number of aromatic nitrogens is 1. The van der Waals surface area contributed by atoms with Gasteiger partial charge in [0.15, 0.2) is 0 Å². The van der Waals surface area contributed by atoms with Crippen molar-refractivity contribution in [3.63, 3.8) is 0 Å². The first-order valence-corrected chi connectivity index (χ1v) is 8.11. The number of thioether (sulfide) groups is 2. The summed E-state index contributed by atoms with van der Waals surface area (Å²) in [4.78, 5) is 5.40. The quantitative estimate of drug-likeness (QED) is 0.905. The summed E-state index contributed by atoms with van der Waals surface area (Å²) in [5.74, 6) is 2.52. The molecule has 0 aromatic carbocycles. The Bertz CT molecular complexity index is 289. The van der Waals surface area contributed by atoms with Crippen LogP contribution in [-0.4, -0.2) is 33.0 Å². The molecule has 0 amide bonds. The molecule has 0 aliphatic carbocycles. The highest BCUT2D eigenvalue weighted by molar-refractivity contribution is 8.07. The van der Waals surface area contributed by atoms with Gasteiger partial charge >= 0.3 is 0 Å². The van der Waals surface area contributed by atoms with Crippen molar-refractivity contribution in [1.82, 2.24) is 4.98 Å². The zero-order valence-electron chi connectivity index (χ0n) is 8.76. The molecule has 5 heteroatoms. The first-order valence-electron chi connectivity index (χ1n) is 5.13. The fourth-order valence-electron chi connectivity index (χ4n) is 1.81. The van der Waals surface area contributed by atoms with E-state index in [0.29, 0.717) is 10.5 Å². The first-order chi connectivity index (χ1) is 7.27. The summed E-state index contributed by atoms with van der Waals surface area (Å²) in [5.41, 5.74) is 8.16. The molecule has 3 unspecified atom stereocenters. The van der Waals surface area contributed by atoms with E-state index in [9.17, 15) is 0 Å². The minimum absolute atomic E-state index is 0.276. The molecular weight excluding hydrogens is 244 g/mol. The highest BCUT2D eigenvalue weighted by atomic mass is 32.2. The molecule has 15 heavy (non-hydrogen) atoms. The lowest BCUT2D eigenvalue weighted by molar-refractivity contribution is 0.626. The lowest BCUT2D eigenvalue weighted by Crippen LogP contribution is -2.42. The van der Waals surface area contributed by atoms with Gasteiger partial charge in [0.1, 0.15) is 0 Å². The molecule has 2 rings (SSSR count). The van der Waals surface area contributed by atoms with Crippen LogP contribution in [0.15, 0.2) is 11.7 Å². The van der Waals surface area contributed by atoms with Crippen molar-refractivity contribution in [2.75, 3.05) is 11.5 Å². The van der Waals surface area contributed by atoms with Gasteiger partial charge < -0.3 is 5.73 Å². The van der Waals surface area contributed by atoms with Crippen LogP contribution in [0.2, 0.25) is 0 Å². The van der Waals surface area contributed by atoms with Crippen molar-refractivity contribution in [1.29, 1.82) is 0 Å². The number of rotatable bonds is 3. The maximum absolute atomic E-state index is 6.27. The lowest BCUT2D eigenvalue weighted by Gasteiger charge is -2.32. The van der Waals surface area contributed by atoms with Gasteiger partial charge in [-0.2, -0.15) is 23.5 Å². The predicted molar refractivity (Wildman–Crippen MR) is 72.0 cm³/mol. The third kappa shape index (κ3) is 3.12. The lowest BCUT2D eigenvalue weighted by atomic mass is 10.1. The van der Waals surface area contributed by atoms with Crippen LogP contribution in [-0.2, 0) is 6.42 Å². The molecule has 1 aromatic heterocycles. The Balaban J connectivity index is 1.91. The van der Waals surface area contributed by atoms with E-state index in [1.807, 2.05) is 23.5 Å². The molecule has 1 aromatic rings. The maximum atomic E-state index is 6.27. The van der Waals surface area contributed by atoms with Gasteiger partial charge in [0.2, 0.25) is 0 Å². The van der Waals surface area contributed by atoms with E-state index in [-0.39, 0.29) is 6.04 Å². The monoisotopic (exact) mass is 260 g/mol. The zero-order valence-corrected chi connectivity index (χ0v) is 11.2. The van der Waals surface area contributed by atoms with Gasteiger partial charge in [0, 0.05) is 39.1 Å². The number of hydrogen-bond acceptors (Lipinski definition) is 5. The standard InChI is InChI=1S/C10H16N2S3/c1-7-10(14-3-2-13-7)9(11)4-8-5-12-6-15-8/h5-7,9-10H,2-4,11H2,1H3. The van der Waals surface area contributed by atoms with E-state index in [4.69, 9.17) is 5.73 Å². The van der Waals surface area contributed by atoms with Crippen LogP contribution in [0, 0.1) is 0 Å². The summed E-state index contributed by atoms with van der Waals surface area (Å²) in [7, 11) is 0. The maximum Gasteiger partial charge on any atom is 0.0794 e. The van der Waals surface area contributed by atoms with Crippen molar-refractivity contribution in [2.24, 2.45) is 5.73 Å². The van der Waals surface area contributed by atoms with Crippen molar-refractivity contribution in [3.05, 3.63) is 16.6 Å². The average Bonchev–Trinajstić information content (AvgIpc) is 2.71. The highest BCUT2D eigenvalue weighted by Gasteiger charge is 2.28. The van der Waals surface area contributed by atoms with E-state index < -0.39 is 0 Å². The highest BCUT2D eigenvalue weighted by Crippen LogP contribution is 2.33. The van der Waals surface area contributed by atoms with E-state index in [0.717, 1.165) is 6.42 Å². The van der Waals surface area contributed by atoms with Crippen LogP contribution in [0.3, 0.4) is 0 Å². The van der Waals surface area contributed by atoms with Gasteiger partial charge in [-0.3, -0.25) is 4.98 Å². The van der Waals surface area contributed by atoms with Crippen molar-refractivity contribution >= 4 is 34.9 Å². The molecule has 0 bridgehead atoms. The SMILES string of the molecule is CC1SCCSC1C(N)Cc1cncs1. The van der Waals surface area contributed by atoms with Gasteiger partial charge in [-0.05, 0) is 6.42 Å². The molecule has 2 heterocycles. The average molecular weight is 260 g/mol. The van der Waals surface area contributed by atoms with E-state index in [1.165, 1.54) is 16.4 Å². The summed E-state index contributed by atoms with van der Waals surface area (Å²) < 4.78 is 0. The molecular formula is C10H16N2S3. The number of nitrogens with zero attached hydrogens (tertiary/aromatic N) is 1. The summed E-state index contributed by atoms with van der Waals surface area (Å²) >= 11 is 5.80. The number of thiazole rings is 1. The Labute approximate surface area is 103 Å². The Morgan fingerprint density at radius 2 is 2.33 bits per heavy atom. The molecule has 84 valence electrons. The van der Waals surface area contributed by atoms with Crippen molar-refractivity contribution in [2.45, 2.75) is 29.9 Å². The van der Waals surface area contributed by atoms with Crippen LogP contribution in [0.1, 0.15) is 11.8 Å². The van der Waals surface area contributed by atoms with Gasteiger partial charge in [-0.1, -0.05) is 6.92 Å². The molecule has 0 saturated carbocycles. The molecule has 0 radical (unpaired) electrons. The van der Waals surface area contributed by atoms with Crippen molar-refractivity contribution in [3.8, 4) is 0 Å². The Morgan fingerprint density at radius 1 is 1.53 bits per heavy atom. The van der Waals surface area contributed by atoms with Crippen LogP contribution >= 0.6 is 34.9 Å². The fraction of sp³-hybridized carbons (Fsp3) is 0.700. The van der Waals surface area contributed by atoms with E-state index in [1.54, 1.807) is 11.3 Å². The Kier molecular flexibility index (Phi) is 4.37. The van der Waals surface area contributed by atoms with Crippen LogP contribution < -0.4 is 5.73 Å². The third-order valence-corrected chi connectivity index (χ3v) is 6.65. The molecule has 1 fully saturated rings. The molecule has 2 N–H and O–H groups in total. The molecule has 0 spiro atoms. The molecule has 1 aliphatic rings. The second-order valence-corrected chi connectivity index (χ2v) is 7.49. The molecule has 3 atom stereocenters. The topological polar surface area (TPSA) is 38.9 Å². The number of hydrogen-bond donors (Lipinski definition) is 1. The van der Waals surface area contributed by atoms with Crippen LogP contribution in [0.25, 0.3) is 0 Å². The normalized spacial score (nSPS) is 28.9. The predicted octanol–water partition coefficient (Wildman–Crippen LogP) is 2.25. The Morgan fingerprint density at radius 3 is 3.00 bits per heavy atom. The van der Waals surface area contributed by atoms with E-state index in [2.05, 4.69) is 23.7 Å². The van der Waals surface area contributed by atoms with Gasteiger partial charge in [-0.25, -0.2) is 0 Å². The molecule has 1 aliphatic heterocycles. The van der Waals surface area contributed by atoms with Crippen LogP contribution in [0.4, 0.5) is 0 Å². The number of nitrogens with two attached hydrogens (primary N) is 1. The minimum Gasteiger partial charge on any atom is -0.326 e. The second-order valence-electron chi connectivity index (χ2n) is 3.75. The minimum atomic E-state index is 0.276. The summed E-state index contributed by atoms with van der Waals surface area (Å²) in [6.45, 7) is 2.30. The smallest absolute Gasteiger partial charge is 0.0794 e. The van der Waals surface area contributed by atoms with Gasteiger partial charge in [-0.15, -0.1) is 11.3 Å². The van der Waals surface area contributed by atoms with Crippen molar-refractivity contribution < 1.29 is 0 Å². The van der Waals surface area contributed by atoms with Gasteiger partial charge in [0.05, 0.1) is 5.51 Å². The fourth-order valence-corrected chi connectivity index (χ4v) is 5.37.